The Morgan fingerprint density at radius 2 is 2.03 bits per heavy atom. The van der Waals surface area contributed by atoms with Crippen LogP contribution in [0.4, 0.5) is 5.69 Å². The molecule has 0 bridgehead atoms. The molecule has 170 valence electrons. The maximum Gasteiger partial charge on any atom is 0.239 e. The fourth-order valence-electron chi connectivity index (χ4n) is 3.74. The van der Waals surface area contributed by atoms with Crippen molar-refractivity contribution in [2.24, 2.45) is 12.0 Å². The third-order valence-corrected chi connectivity index (χ3v) is 5.26. The highest BCUT2D eigenvalue weighted by Crippen LogP contribution is 2.19. The van der Waals surface area contributed by atoms with Gasteiger partial charge in [-0.15, -0.1) is 24.0 Å². The van der Waals surface area contributed by atoms with Crippen molar-refractivity contribution in [2.45, 2.75) is 32.9 Å². The molecule has 1 aliphatic heterocycles. The first-order chi connectivity index (χ1) is 14.4. The summed E-state index contributed by atoms with van der Waals surface area (Å²) >= 11 is 0. The minimum absolute atomic E-state index is 0. The van der Waals surface area contributed by atoms with Gasteiger partial charge in [-0.05, 0) is 23.6 Å². The number of nitrogens with one attached hydrogen (secondary N) is 2. The van der Waals surface area contributed by atoms with Crippen molar-refractivity contribution in [3.05, 3.63) is 47.3 Å². The molecule has 1 aliphatic rings. The first-order valence-electron chi connectivity index (χ1n) is 10.4. The summed E-state index contributed by atoms with van der Waals surface area (Å²) in [6, 6.07) is 8.35. The molecule has 0 unspecified atom stereocenters. The number of amides is 1. The summed E-state index contributed by atoms with van der Waals surface area (Å²) in [5.41, 5.74) is 4.58. The van der Waals surface area contributed by atoms with Gasteiger partial charge in [-0.3, -0.25) is 14.5 Å². The van der Waals surface area contributed by atoms with Crippen molar-refractivity contribution < 1.29 is 4.79 Å². The van der Waals surface area contributed by atoms with E-state index in [-0.39, 0.29) is 29.9 Å². The molecule has 31 heavy (non-hydrogen) atoms. The molecular weight excluding hydrogens is 505 g/mol. The molecule has 3 rings (SSSR count). The highest BCUT2D eigenvalue weighted by molar-refractivity contribution is 14.0. The minimum Gasteiger partial charge on any atom is -0.360 e. The maximum atomic E-state index is 11.6. The largest absolute Gasteiger partial charge is 0.360 e. The number of nitrogens with zero attached hydrogens (tertiary/aromatic N) is 5. The number of aliphatic imine (C=N–C) groups is 1. The van der Waals surface area contributed by atoms with Gasteiger partial charge < -0.3 is 20.4 Å². The van der Waals surface area contributed by atoms with Gasteiger partial charge in [0.05, 0.1) is 12.2 Å². The average Bonchev–Trinajstić information content (AvgIpc) is 3.09. The van der Waals surface area contributed by atoms with E-state index in [0.717, 1.165) is 30.4 Å². The van der Waals surface area contributed by atoms with Crippen molar-refractivity contribution >= 4 is 41.5 Å². The number of guanidine groups is 1. The fourth-order valence-corrected chi connectivity index (χ4v) is 3.74. The molecule has 1 aromatic carbocycles. The molecule has 9 heteroatoms. The average molecular weight is 539 g/mol. The molecule has 0 saturated carbocycles. The molecule has 2 aromatic rings. The number of rotatable bonds is 6. The number of anilines is 1. The number of carbonyl (C=O) groups excluding carboxylic acids is 1. The second kappa shape index (κ2) is 11.4. The maximum absolute atomic E-state index is 11.6. The van der Waals surface area contributed by atoms with E-state index in [2.05, 4.69) is 74.8 Å². The number of hydrogen-bond donors (Lipinski definition) is 2. The quantitative estimate of drug-likeness (QED) is 0.335. The van der Waals surface area contributed by atoms with Crippen molar-refractivity contribution in [1.82, 2.24) is 25.3 Å². The molecule has 1 aromatic heterocycles. The number of aromatic nitrogens is 2. The lowest BCUT2D eigenvalue weighted by atomic mass is 10.1. The summed E-state index contributed by atoms with van der Waals surface area (Å²) in [5, 5.41) is 10.9. The van der Waals surface area contributed by atoms with Crippen LogP contribution in [0.2, 0.25) is 0 Å². The van der Waals surface area contributed by atoms with E-state index < -0.39 is 0 Å². The molecular formula is C22H34IN7O. The first kappa shape index (κ1) is 25.0. The zero-order valence-electron chi connectivity index (χ0n) is 19.1. The van der Waals surface area contributed by atoms with Crippen LogP contribution in [0.15, 0.2) is 35.5 Å². The molecule has 0 radical (unpaired) electrons. The van der Waals surface area contributed by atoms with Crippen LogP contribution < -0.4 is 15.5 Å². The van der Waals surface area contributed by atoms with E-state index >= 15 is 0 Å². The highest BCUT2D eigenvalue weighted by atomic mass is 127. The SMILES string of the molecule is CN=C(NCc1ccc(N2CCNC(=O)C2)cc1)N(C)Cc1cn(C)nc1C(C)C.I. The number of hydrogen-bond acceptors (Lipinski definition) is 4. The van der Waals surface area contributed by atoms with Crippen LogP contribution >= 0.6 is 24.0 Å². The van der Waals surface area contributed by atoms with Crippen LogP contribution in [0.5, 0.6) is 0 Å². The smallest absolute Gasteiger partial charge is 0.239 e. The lowest BCUT2D eigenvalue weighted by molar-refractivity contribution is -0.120. The molecule has 0 spiro atoms. The molecule has 0 atom stereocenters. The predicted molar refractivity (Wildman–Crippen MR) is 136 cm³/mol. The summed E-state index contributed by atoms with van der Waals surface area (Å²) in [5.74, 6) is 1.30. The molecule has 1 fully saturated rings. The normalized spacial score (nSPS) is 14.3. The van der Waals surface area contributed by atoms with Gasteiger partial charge in [0.1, 0.15) is 0 Å². The van der Waals surface area contributed by atoms with Gasteiger partial charge >= 0.3 is 0 Å². The Kier molecular flexibility index (Phi) is 9.15. The number of halogens is 1. The number of piperazine rings is 1. The predicted octanol–water partition coefficient (Wildman–Crippen LogP) is 2.31. The Labute approximate surface area is 202 Å². The number of benzene rings is 1. The van der Waals surface area contributed by atoms with E-state index in [4.69, 9.17) is 0 Å². The van der Waals surface area contributed by atoms with E-state index in [1.165, 1.54) is 11.1 Å². The van der Waals surface area contributed by atoms with E-state index in [9.17, 15) is 4.79 Å². The van der Waals surface area contributed by atoms with Crippen LogP contribution in [0.1, 0.15) is 36.6 Å². The van der Waals surface area contributed by atoms with Gasteiger partial charge in [-0.2, -0.15) is 5.10 Å². The van der Waals surface area contributed by atoms with Crippen molar-refractivity contribution in [3.63, 3.8) is 0 Å². The summed E-state index contributed by atoms with van der Waals surface area (Å²) < 4.78 is 1.88. The van der Waals surface area contributed by atoms with Gasteiger partial charge in [0, 0.05) is 64.8 Å². The van der Waals surface area contributed by atoms with E-state index in [1.807, 2.05) is 18.8 Å². The third kappa shape index (κ3) is 6.59. The Morgan fingerprint density at radius 1 is 1.32 bits per heavy atom. The summed E-state index contributed by atoms with van der Waals surface area (Å²) in [6.45, 7) is 7.71. The zero-order chi connectivity index (χ0) is 21.7. The topological polar surface area (TPSA) is 77.8 Å². The Bertz CT molecular complexity index is 892. The van der Waals surface area contributed by atoms with Crippen LogP contribution in [0, 0.1) is 0 Å². The Morgan fingerprint density at radius 3 is 2.65 bits per heavy atom. The molecule has 2 N–H and O–H groups in total. The number of carbonyl (C=O) groups is 1. The van der Waals surface area contributed by atoms with Crippen LogP contribution in [0.25, 0.3) is 0 Å². The summed E-state index contributed by atoms with van der Waals surface area (Å²) in [7, 11) is 5.80. The summed E-state index contributed by atoms with van der Waals surface area (Å²) in [4.78, 5) is 20.2. The van der Waals surface area contributed by atoms with Crippen LogP contribution in [-0.4, -0.2) is 60.3 Å². The molecule has 1 saturated heterocycles. The third-order valence-electron chi connectivity index (χ3n) is 5.26. The first-order valence-corrected chi connectivity index (χ1v) is 10.4. The van der Waals surface area contributed by atoms with Crippen LogP contribution in [-0.2, 0) is 24.9 Å². The highest BCUT2D eigenvalue weighted by Gasteiger charge is 2.17. The standard InChI is InChI=1S/C22H33N7O.HI/c1-16(2)21-18(14-28(5)26-21)13-27(4)22(23-3)25-12-17-6-8-19(9-7-17)29-11-10-24-20(30)15-29;/h6-9,14,16H,10-13,15H2,1-5H3,(H,23,25)(H,24,30);1H. The second-order valence-corrected chi connectivity index (χ2v) is 8.06. The van der Waals surface area contributed by atoms with Gasteiger partial charge in [-0.1, -0.05) is 26.0 Å². The second-order valence-electron chi connectivity index (χ2n) is 8.06. The molecule has 2 heterocycles. The van der Waals surface area contributed by atoms with E-state index in [0.29, 0.717) is 25.6 Å². The lowest BCUT2D eigenvalue weighted by Crippen LogP contribution is -2.47. The lowest BCUT2D eigenvalue weighted by Gasteiger charge is -2.28. The van der Waals surface area contributed by atoms with Crippen molar-refractivity contribution in [3.8, 4) is 0 Å². The fraction of sp³-hybridized carbons (Fsp3) is 0.500. The molecule has 8 nitrogen and oxygen atoms in total. The van der Waals surface area contributed by atoms with Crippen molar-refractivity contribution in [1.29, 1.82) is 0 Å². The monoisotopic (exact) mass is 539 g/mol. The van der Waals surface area contributed by atoms with E-state index in [1.54, 1.807) is 7.05 Å². The number of aryl methyl sites for hydroxylation is 1. The minimum atomic E-state index is 0. The van der Waals surface area contributed by atoms with Gasteiger partial charge in [0.25, 0.3) is 0 Å². The van der Waals surface area contributed by atoms with Gasteiger partial charge in [0.2, 0.25) is 5.91 Å². The van der Waals surface area contributed by atoms with Gasteiger partial charge in [-0.25, -0.2) is 0 Å². The summed E-state index contributed by atoms with van der Waals surface area (Å²) in [6.07, 6.45) is 2.08. The molecule has 0 aliphatic carbocycles. The van der Waals surface area contributed by atoms with Crippen LogP contribution in [0.3, 0.4) is 0 Å². The molecule has 1 amide bonds. The van der Waals surface area contributed by atoms with Gasteiger partial charge in [0.15, 0.2) is 5.96 Å². The Balaban J connectivity index is 0.00000341. The Hall–Kier alpha value is -2.30. The van der Waals surface area contributed by atoms with Crippen molar-refractivity contribution in [2.75, 3.05) is 38.6 Å². The zero-order valence-corrected chi connectivity index (χ0v) is 21.4.